The molecule has 4 nitrogen and oxygen atoms in total. The summed E-state index contributed by atoms with van der Waals surface area (Å²) in [6.07, 6.45) is 2.05. The van der Waals surface area contributed by atoms with Crippen molar-refractivity contribution in [2.24, 2.45) is 5.92 Å². The van der Waals surface area contributed by atoms with E-state index in [2.05, 4.69) is 19.2 Å². The molecule has 0 bridgehead atoms. The summed E-state index contributed by atoms with van der Waals surface area (Å²) in [5, 5.41) is 12.5. The van der Waals surface area contributed by atoms with Crippen LogP contribution in [-0.2, 0) is 0 Å². The van der Waals surface area contributed by atoms with Crippen molar-refractivity contribution in [3.63, 3.8) is 0 Å². The highest BCUT2D eigenvalue weighted by molar-refractivity contribution is 6.34. The van der Waals surface area contributed by atoms with Crippen LogP contribution < -0.4 is 11.1 Å². The maximum atomic E-state index is 11.1. The molecule has 0 unspecified atom stereocenters. The lowest BCUT2D eigenvalue weighted by molar-refractivity contribution is 0.0698. The van der Waals surface area contributed by atoms with E-state index in [1.807, 2.05) is 0 Å². The first-order valence-electron chi connectivity index (χ1n) is 5.98. The van der Waals surface area contributed by atoms with Gasteiger partial charge in [0.25, 0.3) is 0 Å². The van der Waals surface area contributed by atoms with Crippen LogP contribution >= 0.6 is 11.6 Å². The molecule has 0 radical (unpaired) electrons. The molecular weight excluding hydrogens is 252 g/mol. The molecule has 0 aromatic heterocycles. The van der Waals surface area contributed by atoms with E-state index < -0.39 is 5.97 Å². The Bertz CT molecular complexity index is 433. The van der Waals surface area contributed by atoms with Crippen LogP contribution in [0.15, 0.2) is 12.1 Å². The zero-order chi connectivity index (χ0) is 13.7. The first-order valence-corrected chi connectivity index (χ1v) is 6.35. The van der Waals surface area contributed by atoms with Crippen molar-refractivity contribution in [2.45, 2.75) is 26.7 Å². The van der Waals surface area contributed by atoms with E-state index in [-0.39, 0.29) is 5.56 Å². The first kappa shape index (κ1) is 14.6. The van der Waals surface area contributed by atoms with Gasteiger partial charge >= 0.3 is 5.97 Å². The maximum Gasteiger partial charge on any atom is 0.337 e. The van der Waals surface area contributed by atoms with Gasteiger partial charge in [0, 0.05) is 12.2 Å². The van der Waals surface area contributed by atoms with E-state index in [1.54, 1.807) is 6.07 Å². The van der Waals surface area contributed by atoms with E-state index in [4.69, 9.17) is 22.4 Å². The molecule has 0 spiro atoms. The van der Waals surface area contributed by atoms with Crippen molar-refractivity contribution >= 4 is 28.9 Å². The fraction of sp³-hybridized carbons (Fsp3) is 0.462. The number of carboxylic acid groups (broad SMARTS) is 1. The van der Waals surface area contributed by atoms with Crippen LogP contribution in [0.25, 0.3) is 0 Å². The van der Waals surface area contributed by atoms with Gasteiger partial charge < -0.3 is 16.2 Å². The summed E-state index contributed by atoms with van der Waals surface area (Å²) in [5.74, 6) is -0.400. The average Bonchev–Trinajstić information content (AvgIpc) is 2.25. The largest absolute Gasteiger partial charge is 0.478 e. The normalized spacial score (nSPS) is 10.7. The minimum absolute atomic E-state index is 0.115. The lowest BCUT2D eigenvalue weighted by Crippen LogP contribution is -2.09. The van der Waals surface area contributed by atoms with Crippen LogP contribution in [0, 0.1) is 5.92 Å². The standard InChI is InChI=1S/C13H19ClN2O2/c1-8(2)4-3-5-16-12-10(13(17)18)6-9(15)7-11(12)14/h6-8,16H,3-5,15H2,1-2H3,(H,17,18). The Morgan fingerprint density at radius 2 is 2.17 bits per heavy atom. The molecule has 0 aliphatic carbocycles. The number of anilines is 2. The van der Waals surface area contributed by atoms with E-state index in [1.165, 1.54) is 6.07 Å². The molecule has 18 heavy (non-hydrogen) atoms. The van der Waals surface area contributed by atoms with Gasteiger partial charge in [-0.2, -0.15) is 0 Å². The first-order chi connectivity index (χ1) is 8.41. The Morgan fingerprint density at radius 1 is 1.50 bits per heavy atom. The molecule has 0 saturated carbocycles. The number of carboxylic acids is 1. The predicted octanol–water partition coefficient (Wildman–Crippen LogP) is 3.47. The summed E-state index contributed by atoms with van der Waals surface area (Å²) in [7, 11) is 0. The molecule has 100 valence electrons. The van der Waals surface area contributed by atoms with Gasteiger partial charge in [0.15, 0.2) is 0 Å². The molecule has 0 fully saturated rings. The van der Waals surface area contributed by atoms with Crippen molar-refractivity contribution in [1.29, 1.82) is 0 Å². The van der Waals surface area contributed by atoms with Gasteiger partial charge in [-0.3, -0.25) is 0 Å². The SMILES string of the molecule is CC(C)CCCNc1c(Cl)cc(N)cc1C(=O)O. The number of benzene rings is 1. The van der Waals surface area contributed by atoms with Gasteiger partial charge in [-0.15, -0.1) is 0 Å². The predicted molar refractivity (Wildman–Crippen MR) is 75.4 cm³/mol. The van der Waals surface area contributed by atoms with Crippen molar-refractivity contribution in [3.8, 4) is 0 Å². The molecule has 0 aliphatic rings. The van der Waals surface area contributed by atoms with Gasteiger partial charge in [-0.05, 0) is 30.9 Å². The maximum absolute atomic E-state index is 11.1. The summed E-state index contributed by atoms with van der Waals surface area (Å²) in [4.78, 5) is 11.1. The fourth-order valence-electron chi connectivity index (χ4n) is 1.70. The van der Waals surface area contributed by atoms with E-state index in [0.29, 0.717) is 28.9 Å². The summed E-state index contributed by atoms with van der Waals surface area (Å²) in [6.45, 7) is 5.00. The topological polar surface area (TPSA) is 75.3 Å². The van der Waals surface area contributed by atoms with Crippen LogP contribution in [0.1, 0.15) is 37.0 Å². The minimum Gasteiger partial charge on any atom is -0.478 e. The van der Waals surface area contributed by atoms with Crippen LogP contribution in [-0.4, -0.2) is 17.6 Å². The lowest BCUT2D eigenvalue weighted by Gasteiger charge is -2.13. The molecule has 0 saturated heterocycles. The Hall–Kier alpha value is -1.42. The Balaban J connectivity index is 2.77. The highest BCUT2D eigenvalue weighted by Gasteiger charge is 2.14. The molecule has 1 aromatic rings. The zero-order valence-corrected chi connectivity index (χ0v) is 11.4. The third kappa shape index (κ3) is 4.11. The molecule has 4 N–H and O–H groups in total. The average molecular weight is 271 g/mol. The monoisotopic (exact) mass is 270 g/mol. The number of hydrogen-bond acceptors (Lipinski definition) is 3. The van der Waals surface area contributed by atoms with Crippen molar-refractivity contribution in [2.75, 3.05) is 17.6 Å². The molecule has 1 aromatic carbocycles. The number of rotatable bonds is 6. The minimum atomic E-state index is -1.03. The second kappa shape index (κ2) is 6.50. The highest BCUT2D eigenvalue weighted by atomic mass is 35.5. The molecule has 0 atom stereocenters. The van der Waals surface area contributed by atoms with Crippen LogP contribution in [0.2, 0.25) is 5.02 Å². The lowest BCUT2D eigenvalue weighted by atomic mass is 10.1. The molecule has 1 rings (SSSR count). The number of hydrogen-bond donors (Lipinski definition) is 3. The zero-order valence-electron chi connectivity index (χ0n) is 10.7. The van der Waals surface area contributed by atoms with Crippen molar-refractivity contribution in [1.82, 2.24) is 0 Å². The Morgan fingerprint density at radius 3 is 2.72 bits per heavy atom. The van der Waals surface area contributed by atoms with E-state index in [9.17, 15) is 4.79 Å². The second-order valence-electron chi connectivity index (χ2n) is 4.69. The molecule has 5 heteroatoms. The number of aromatic carboxylic acids is 1. The van der Waals surface area contributed by atoms with Crippen LogP contribution in [0.4, 0.5) is 11.4 Å². The highest BCUT2D eigenvalue weighted by Crippen LogP contribution is 2.29. The number of nitrogens with one attached hydrogen (secondary N) is 1. The van der Waals surface area contributed by atoms with Gasteiger partial charge in [0.2, 0.25) is 0 Å². The van der Waals surface area contributed by atoms with Crippen molar-refractivity contribution < 1.29 is 9.90 Å². The number of halogens is 1. The number of nitrogens with two attached hydrogens (primary N) is 1. The third-order valence-corrected chi connectivity index (χ3v) is 2.90. The fourth-order valence-corrected chi connectivity index (χ4v) is 1.99. The second-order valence-corrected chi connectivity index (χ2v) is 5.10. The van der Waals surface area contributed by atoms with Gasteiger partial charge in [-0.1, -0.05) is 25.4 Å². The quantitative estimate of drug-likeness (QED) is 0.546. The molecular formula is C13H19ClN2O2. The number of carbonyl (C=O) groups is 1. The van der Waals surface area contributed by atoms with E-state index >= 15 is 0 Å². The molecule has 0 aliphatic heterocycles. The molecule has 0 amide bonds. The Kier molecular flexibility index (Phi) is 5.28. The van der Waals surface area contributed by atoms with Crippen LogP contribution in [0.3, 0.4) is 0 Å². The summed E-state index contributed by atoms with van der Waals surface area (Å²) < 4.78 is 0. The van der Waals surface area contributed by atoms with E-state index in [0.717, 1.165) is 12.8 Å². The summed E-state index contributed by atoms with van der Waals surface area (Å²) in [6, 6.07) is 2.97. The van der Waals surface area contributed by atoms with Gasteiger partial charge in [-0.25, -0.2) is 4.79 Å². The van der Waals surface area contributed by atoms with Gasteiger partial charge in [0.1, 0.15) is 0 Å². The smallest absolute Gasteiger partial charge is 0.337 e. The summed E-state index contributed by atoms with van der Waals surface area (Å²) in [5.41, 5.74) is 6.50. The Labute approximate surface area is 112 Å². The number of nitrogen functional groups attached to an aromatic ring is 1. The van der Waals surface area contributed by atoms with Gasteiger partial charge in [0.05, 0.1) is 16.3 Å². The molecule has 0 heterocycles. The summed E-state index contributed by atoms with van der Waals surface area (Å²) >= 11 is 6.01. The van der Waals surface area contributed by atoms with Crippen LogP contribution in [0.5, 0.6) is 0 Å². The van der Waals surface area contributed by atoms with Crippen molar-refractivity contribution in [3.05, 3.63) is 22.7 Å². The third-order valence-electron chi connectivity index (χ3n) is 2.60.